The molecule has 0 spiro atoms. The Bertz CT molecular complexity index is 439. The first-order chi connectivity index (χ1) is 12.2. The second kappa shape index (κ2) is 8.69. The third-order valence-electron chi connectivity index (χ3n) is 6.26. The third-order valence-corrected chi connectivity index (χ3v) is 6.26. The summed E-state index contributed by atoms with van der Waals surface area (Å²) in [7, 11) is 0. The zero-order valence-electron chi connectivity index (χ0n) is 15.9. The summed E-state index contributed by atoms with van der Waals surface area (Å²) in [6.07, 6.45) is 8.73. The Morgan fingerprint density at radius 2 is 1.80 bits per heavy atom. The van der Waals surface area contributed by atoms with E-state index in [1.165, 1.54) is 32.1 Å². The van der Waals surface area contributed by atoms with Gasteiger partial charge in [0.1, 0.15) is 0 Å². The van der Waals surface area contributed by atoms with Crippen molar-refractivity contribution in [3.8, 4) is 0 Å². The van der Waals surface area contributed by atoms with Gasteiger partial charge in [0.25, 0.3) is 0 Å². The molecular weight excluding hydrogens is 316 g/mol. The molecular formula is C19H36N4O2. The molecule has 3 N–H and O–H groups in total. The molecule has 0 amide bonds. The van der Waals surface area contributed by atoms with E-state index < -0.39 is 0 Å². The van der Waals surface area contributed by atoms with Gasteiger partial charge in [-0.05, 0) is 32.6 Å². The molecule has 0 aromatic rings. The van der Waals surface area contributed by atoms with Gasteiger partial charge in [-0.25, -0.2) is 0 Å². The Kier molecular flexibility index (Phi) is 6.58. The highest BCUT2D eigenvalue weighted by Gasteiger charge is 2.42. The van der Waals surface area contributed by atoms with Gasteiger partial charge >= 0.3 is 0 Å². The lowest BCUT2D eigenvalue weighted by Crippen LogP contribution is -2.60. The number of rotatable bonds is 7. The monoisotopic (exact) mass is 352 g/mol. The number of ether oxygens (including phenoxy) is 1. The Morgan fingerprint density at radius 1 is 1.08 bits per heavy atom. The maximum atomic E-state index is 9.52. The van der Waals surface area contributed by atoms with E-state index in [-0.39, 0.29) is 17.6 Å². The van der Waals surface area contributed by atoms with E-state index in [2.05, 4.69) is 22.5 Å². The van der Waals surface area contributed by atoms with Gasteiger partial charge in [0.15, 0.2) is 5.96 Å². The van der Waals surface area contributed by atoms with Crippen molar-refractivity contribution >= 4 is 5.96 Å². The van der Waals surface area contributed by atoms with Crippen LogP contribution in [0, 0.1) is 5.41 Å². The number of aliphatic hydroxyl groups is 1. The van der Waals surface area contributed by atoms with E-state index in [1.807, 2.05) is 0 Å². The maximum absolute atomic E-state index is 9.52. The highest BCUT2D eigenvalue weighted by molar-refractivity contribution is 5.79. The lowest BCUT2D eigenvalue weighted by atomic mass is 9.80. The molecule has 3 fully saturated rings. The molecule has 1 heterocycles. The Labute approximate surface area is 152 Å². The van der Waals surface area contributed by atoms with Crippen molar-refractivity contribution in [1.82, 2.24) is 15.5 Å². The van der Waals surface area contributed by atoms with Gasteiger partial charge in [0.2, 0.25) is 0 Å². The fourth-order valence-electron chi connectivity index (χ4n) is 4.23. The molecule has 3 rings (SSSR count). The number of hydrogen-bond donors (Lipinski definition) is 3. The van der Waals surface area contributed by atoms with E-state index in [1.54, 1.807) is 0 Å². The first kappa shape index (κ1) is 18.9. The van der Waals surface area contributed by atoms with E-state index in [0.717, 1.165) is 64.7 Å². The molecule has 144 valence electrons. The normalized spacial score (nSPS) is 26.2. The second-order valence-electron chi connectivity index (χ2n) is 8.09. The van der Waals surface area contributed by atoms with Crippen LogP contribution < -0.4 is 10.6 Å². The largest absolute Gasteiger partial charge is 0.396 e. The summed E-state index contributed by atoms with van der Waals surface area (Å²) in [6.45, 7) is 8.70. The molecule has 2 aliphatic carbocycles. The summed E-state index contributed by atoms with van der Waals surface area (Å²) in [5, 5.41) is 16.5. The zero-order valence-corrected chi connectivity index (χ0v) is 15.9. The topological polar surface area (TPSA) is 69.1 Å². The number of nitrogens with one attached hydrogen (secondary N) is 2. The second-order valence-corrected chi connectivity index (χ2v) is 8.09. The molecule has 0 aromatic heterocycles. The SMILES string of the molecule is CCNC(=NCC1(CO)CC1)NCC1(N2CCOCC2)CCCCC1. The Morgan fingerprint density at radius 3 is 2.40 bits per heavy atom. The molecule has 0 unspecified atom stereocenters. The smallest absolute Gasteiger partial charge is 0.191 e. The van der Waals surface area contributed by atoms with Crippen LogP contribution in [0.3, 0.4) is 0 Å². The molecule has 2 saturated carbocycles. The average Bonchev–Trinajstić information content (AvgIpc) is 3.46. The van der Waals surface area contributed by atoms with Crippen molar-refractivity contribution in [2.24, 2.45) is 10.4 Å². The van der Waals surface area contributed by atoms with Gasteiger partial charge in [-0.1, -0.05) is 19.3 Å². The molecule has 3 aliphatic rings. The molecule has 0 bridgehead atoms. The number of morpholine rings is 1. The highest BCUT2D eigenvalue weighted by atomic mass is 16.5. The van der Waals surface area contributed by atoms with Crippen molar-refractivity contribution in [3.05, 3.63) is 0 Å². The van der Waals surface area contributed by atoms with Crippen molar-refractivity contribution in [2.45, 2.75) is 57.4 Å². The van der Waals surface area contributed by atoms with Crippen molar-refractivity contribution in [1.29, 1.82) is 0 Å². The van der Waals surface area contributed by atoms with Crippen LogP contribution in [0.2, 0.25) is 0 Å². The van der Waals surface area contributed by atoms with Crippen LogP contribution in [-0.4, -0.2) is 74.0 Å². The van der Waals surface area contributed by atoms with Gasteiger partial charge in [-0.2, -0.15) is 0 Å². The van der Waals surface area contributed by atoms with Gasteiger partial charge in [0.05, 0.1) is 26.4 Å². The van der Waals surface area contributed by atoms with Crippen molar-refractivity contribution in [2.75, 3.05) is 52.5 Å². The van der Waals surface area contributed by atoms with E-state index >= 15 is 0 Å². The predicted molar refractivity (Wildman–Crippen MR) is 101 cm³/mol. The minimum absolute atomic E-state index is 0.0646. The highest BCUT2D eigenvalue weighted by Crippen LogP contribution is 2.45. The summed E-state index contributed by atoms with van der Waals surface area (Å²) in [5.74, 6) is 0.903. The van der Waals surface area contributed by atoms with Crippen LogP contribution in [-0.2, 0) is 4.74 Å². The summed E-state index contributed by atoms with van der Waals surface area (Å²) >= 11 is 0. The molecule has 0 atom stereocenters. The molecule has 25 heavy (non-hydrogen) atoms. The first-order valence-electron chi connectivity index (χ1n) is 10.2. The van der Waals surface area contributed by atoms with Gasteiger partial charge in [-0.15, -0.1) is 0 Å². The molecule has 0 aromatic carbocycles. The van der Waals surface area contributed by atoms with E-state index in [4.69, 9.17) is 9.73 Å². The zero-order chi connectivity index (χ0) is 17.6. The Hall–Kier alpha value is -0.850. The lowest BCUT2D eigenvalue weighted by molar-refractivity contribution is -0.0352. The van der Waals surface area contributed by atoms with Crippen LogP contribution in [0.25, 0.3) is 0 Å². The number of aliphatic hydroxyl groups excluding tert-OH is 1. The van der Waals surface area contributed by atoms with Crippen molar-refractivity contribution < 1.29 is 9.84 Å². The van der Waals surface area contributed by atoms with Crippen LogP contribution in [0.1, 0.15) is 51.9 Å². The molecule has 1 saturated heterocycles. The summed E-state index contributed by atoms with van der Waals surface area (Å²) < 4.78 is 5.57. The van der Waals surface area contributed by atoms with Gasteiger partial charge < -0.3 is 20.5 Å². The standard InChI is InChI=1S/C19H36N4O2/c1-2-20-17(21-14-18(16-24)8-9-18)22-15-19(6-4-3-5-7-19)23-10-12-25-13-11-23/h24H,2-16H2,1H3,(H2,20,21,22). The third kappa shape index (κ3) is 4.86. The summed E-state index contributed by atoms with van der Waals surface area (Å²) in [6, 6.07) is 0. The minimum atomic E-state index is 0.0646. The van der Waals surface area contributed by atoms with Crippen LogP contribution in [0.15, 0.2) is 4.99 Å². The summed E-state index contributed by atoms with van der Waals surface area (Å²) in [5.41, 5.74) is 0.307. The van der Waals surface area contributed by atoms with Gasteiger partial charge in [0, 0.05) is 37.1 Å². The molecule has 6 nitrogen and oxygen atoms in total. The summed E-state index contributed by atoms with van der Waals surface area (Å²) in [4.78, 5) is 7.43. The van der Waals surface area contributed by atoms with E-state index in [9.17, 15) is 5.11 Å². The van der Waals surface area contributed by atoms with Crippen LogP contribution in [0.5, 0.6) is 0 Å². The van der Waals surface area contributed by atoms with Crippen LogP contribution >= 0.6 is 0 Å². The van der Waals surface area contributed by atoms with Crippen molar-refractivity contribution in [3.63, 3.8) is 0 Å². The quantitative estimate of drug-likeness (QED) is 0.477. The number of hydrogen-bond acceptors (Lipinski definition) is 4. The molecule has 6 heteroatoms. The lowest BCUT2D eigenvalue weighted by Gasteiger charge is -2.48. The van der Waals surface area contributed by atoms with Gasteiger partial charge in [-0.3, -0.25) is 9.89 Å². The van der Waals surface area contributed by atoms with E-state index in [0.29, 0.717) is 0 Å². The van der Waals surface area contributed by atoms with Crippen LogP contribution in [0.4, 0.5) is 0 Å². The molecule has 1 aliphatic heterocycles. The maximum Gasteiger partial charge on any atom is 0.191 e. The fraction of sp³-hybridized carbons (Fsp3) is 0.947. The minimum Gasteiger partial charge on any atom is -0.396 e. The average molecular weight is 353 g/mol. The first-order valence-corrected chi connectivity index (χ1v) is 10.2. The fourth-order valence-corrected chi connectivity index (χ4v) is 4.23. The molecule has 0 radical (unpaired) electrons. The number of guanidine groups is 1. The number of nitrogens with zero attached hydrogens (tertiary/aromatic N) is 2. The Balaban J connectivity index is 1.62. The predicted octanol–water partition coefficient (Wildman–Crippen LogP) is 1.35. The number of aliphatic imine (C=N–C) groups is 1.